The SMILES string of the molecule is CO.CO[NH2+]c1ccc2c(c1)oc(=O)n2CCCC(C)=O. The summed E-state index contributed by atoms with van der Waals surface area (Å²) < 4.78 is 6.74. The van der Waals surface area contributed by atoms with Gasteiger partial charge in [0.05, 0.1) is 12.6 Å². The summed E-state index contributed by atoms with van der Waals surface area (Å²) in [6.07, 6.45) is 1.10. The van der Waals surface area contributed by atoms with Crippen molar-refractivity contribution in [3.8, 4) is 0 Å². The minimum absolute atomic E-state index is 0.123. The lowest BCUT2D eigenvalue weighted by Gasteiger charge is -2.01. The lowest BCUT2D eigenvalue weighted by molar-refractivity contribution is -0.830. The summed E-state index contributed by atoms with van der Waals surface area (Å²) in [6.45, 7) is 2.03. The highest BCUT2D eigenvalue weighted by molar-refractivity contribution is 5.76. The Kier molecular flexibility index (Phi) is 6.80. The van der Waals surface area contributed by atoms with Crippen LogP contribution in [0.15, 0.2) is 27.4 Å². The molecule has 21 heavy (non-hydrogen) atoms. The number of Topliss-reactive ketones (excluding diaryl/α,β-unsaturated/α-hetero) is 1. The molecule has 0 unspecified atom stereocenters. The molecule has 0 saturated heterocycles. The van der Waals surface area contributed by atoms with Crippen LogP contribution in [0.1, 0.15) is 19.8 Å². The maximum absolute atomic E-state index is 11.8. The van der Waals surface area contributed by atoms with Crippen molar-refractivity contribution in [3.63, 3.8) is 0 Å². The number of fused-ring (bicyclic) bond motifs is 1. The van der Waals surface area contributed by atoms with Crippen LogP contribution in [0.5, 0.6) is 0 Å². The molecule has 3 N–H and O–H groups in total. The summed E-state index contributed by atoms with van der Waals surface area (Å²) in [7, 11) is 2.56. The molecular formula is C14H21N2O5+. The van der Waals surface area contributed by atoms with Crippen molar-refractivity contribution in [2.45, 2.75) is 26.3 Å². The van der Waals surface area contributed by atoms with Gasteiger partial charge >= 0.3 is 5.76 Å². The molecule has 0 aliphatic carbocycles. The molecule has 0 radical (unpaired) electrons. The number of aliphatic hydroxyl groups is 1. The molecule has 0 aliphatic heterocycles. The van der Waals surface area contributed by atoms with Crippen LogP contribution in [0, 0.1) is 0 Å². The Bertz CT molecular complexity index is 644. The third kappa shape index (κ3) is 4.52. The fraction of sp³-hybridized carbons (Fsp3) is 0.429. The van der Waals surface area contributed by atoms with Crippen molar-refractivity contribution >= 4 is 22.6 Å². The number of hydrogen-bond donors (Lipinski definition) is 2. The number of carbonyl (C=O) groups is 1. The van der Waals surface area contributed by atoms with Crippen molar-refractivity contribution in [1.29, 1.82) is 0 Å². The quantitative estimate of drug-likeness (QED) is 0.591. The van der Waals surface area contributed by atoms with Gasteiger partial charge < -0.3 is 14.3 Å². The second kappa shape index (κ2) is 8.35. The van der Waals surface area contributed by atoms with Gasteiger partial charge in [0.2, 0.25) is 0 Å². The van der Waals surface area contributed by atoms with Crippen molar-refractivity contribution in [3.05, 3.63) is 28.7 Å². The summed E-state index contributed by atoms with van der Waals surface area (Å²) >= 11 is 0. The van der Waals surface area contributed by atoms with E-state index in [9.17, 15) is 9.59 Å². The van der Waals surface area contributed by atoms with Gasteiger partial charge in [-0.05, 0) is 19.4 Å². The first-order valence-electron chi connectivity index (χ1n) is 6.55. The summed E-state index contributed by atoms with van der Waals surface area (Å²) in [5.41, 5.74) is 3.67. The smallest absolute Gasteiger partial charge is 0.407 e. The van der Waals surface area contributed by atoms with E-state index in [-0.39, 0.29) is 5.78 Å². The van der Waals surface area contributed by atoms with Crippen LogP contribution >= 0.6 is 0 Å². The predicted molar refractivity (Wildman–Crippen MR) is 77.1 cm³/mol. The molecule has 2 rings (SSSR count). The van der Waals surface area contributed by atoms with Gasteiger partial charge in [-0.15, -0.1) is 0 Å². The molecule has 0 spiro atoms. The van der Waals surface area contributed by atoms with Crippen LogP contribution in [-0.2, 0) is 16.2 Å². The molecule has 0 aliphatic rings. The van der Waals surface area contributed by atoms with Crippen molar-refractivity contribution < 1.29 is 24.6 Å². The van der Waals surface area contributed by atoms with E-state index in [0.717, 1.165) is 18.3 Å². The van der Waals surface area contributed by atoms with E-state index >= 15 is 0 Å². The molecule has 7 nitrogen and oxygen atoms in total. The Morgan fingerprint density at radius 2 is 2.14 bits per heavy atom. The number of rotatable bonds is 6. The zero-order chi connectivity index (χ0) is 15.8. The number of nitrogens with zero attached hydrogens (tertiary/aromatic N) is 1. The number of nitrogens with two attached hydrogens (primary N) is 1. The first kappa shape index (κ1) is 17.1. The third-order valence-corrected chi connectivity index (χ3v) is 2.86. The topological polar surface area (TPSA) is 98.3 Å². The fourth-order valence-electron chi connectivity index (χ4n) is 1.99. The van der Waals surface area contributed by atoms with Crippen LogP contribution in [0.25, 0.3) is 11.1 Å². The van der Waals surface area contributed by atoms with Gasteiger partial charge in [0.25, 0.3) is 0 Å². The monoisotopic (exact) mass is 297 g/mol. The molecule has 0 amide bonds. The summed E-state index contributed by atoms with van der Waals surface area (Å²) in [6, 6.07) is 5.42. The van der Waals surface area contributed by atoms with E-state index in [0.29, 0.717) is 25.0 Å². The standard InChI is InChI=1S/C13H16N2O4.CH4O/c1-9(16)4-3-7-15-11-6-5-10(14-18-2)8-12(11)19-13(15)17;1-2/h5-6,8,14H,3-4,7H2,1-2H3;2H,1H3/p+1. The van der Waals surface area contributed by atoms with Crippen LogP contribution < -0.4 is 11.2 Å². The average molecular weight is 297 g/mol. The van der Waals surface area contributed by atoms with E-state index in [1.54, 1.807) is 30.1 Å². The number of aliphatic hydroxyl groups excluding tert-OH is 1. The number of benzene rings is 1. The van der Waals surface area contributed by atoms with Gasteiger partial charge in [0.15, 0.2) is 11.3 Å². The molecule has 0 saturated carbocycles. The summed E-state index contributed by atoms with van der Waals surface area (Å²) in [5.74, 6) is -0.272. The number of quaternary nitrogens is 1. The highest BCUT2D eigenvalue weighted by Crippen LogP contribution is 2.16. The molecule has 0 atom stereocenters. The maximum Gasteiger partial charge on any atom is 0.419 e. The maximum atomic E-state index is 11.8. The Morgan fingerprint density at radius 3 is 2.76 bits per heavy atom. The second-order valence-corrected chi connectivity index (χ2v) is 4.41. The molecule has 0 bridgehead atoms. The van der Waals surface area contributed by atoms with Crippen LogP contribution in [0.4, 0.5) is 5.69 Å². The Hall–Kier alpha value is -1.96. The van der Waals surface area contributed by atoms with Crippen molar-refractivity contribution in [2.24, 2.45) is 0 Å². The molecule has 1 heterocycles. The number of carbonyl (C=O) groups excluding carboxylic acids is 1. The molecule has 2 aromatic rings. The fourth-order valence-corrected chi connectivity index (χ4v) is 1.99. The first-order chi connectivity index (χ1) is 10.1. The van der Waals surface area contributed by atoms with Gasteiger partial charge in [-0.2, -0.15) is 5.48 Å². The second-order valence-electron chi connectivity index (χ2n) is 4.41. The third-order valence-electron chi connectivity index (χ3n) is 2.86. The number of oxazole rings is 1. The Labute approximate surface area is 122 Å². The average Bonchev–Trinajstić information content (AvgIpc) is 2.77. The van der Waals surface area contributed by atoms with Gasteiger partial charge in [0, 0.05) is 32.2 Å². The Balaban J connectivity index is 0.00000106. The van der Waals surface area contributed by atoms with Crippen molar-refractivity contribution in [1.82, 2.24) is 4.57 Å². The van der Waals surface area contributed by atoms with E-state index in [2.05, 4.69) is 0 Å². The molecule has 1 aromatic carbocycles. The largest absolute Gasteiger partial charge is 0.419 e. The highest BCUT2D eigenvalue weighted by atomic mass is 16.6. The number of aryl methyl sites for hydroxylation is 1. The Morgan fingerprint density at radius 1 is 1.43 bits per heavy atom. The molecular weight excluding hydrogens is 276 g/mol. The van der Waals surface area contributed by atoms with Gasteiger partial charge in [-0.25, -0.2) is 9.63 Å². The zero-order valence-electron chi connectivity index (χ0n) is 12.5. The number of ketones is 1. The molecule has 116 valence electrons. The number of aromatic nitrogens is 1. The first-order valence-corrected chi connectivity index (χ1v) is 6.55. The van der Waals surface area contributed by atoms with Gasteiger partial charge in [0.1, 0.15) is 5.78 Å². The lowest BCUT2D eigenvalue weighted by atomic mass is 10.2. The molecule has 0 fully saturated rings. The lowest BCUT2D eigenvalue weighted by Crippen LogP contribution is -2.75. The van der Waals surface area contributed by atoms with E-state index < -0.39 is 5.76 Å². The van der Waals surface area contributed by atoms with Crippen LogP contribution in [0.3, 0.4) is 0 Å². The van der Waals surface area contributed by atoms with Crippen molar-refractivity contribution in [2.75, 3.05) is 14.2 Å². The summed E-state index contributed by atoms with van der Waals surface area (Å²) in [5, 5.41) is 7.00. The van der Waals surface area contributed by atoms with Crippen LogP contribution in [-0.4, -0.2) is 29.7 Å². The van der Waals surface area contributed by atoms with Gasteiger partial charge in [-0.3, -0.25) is 4.57 Å². The minimum Gasteiger partial charge on any atom is -0.407 e. The normalized spacial score (nSPS) is 10.3. The summed E-state index contributed by atoms with van der Waals surface area (Å²) in [4.78, 5) is 27.6. The number of hydrogen-bond acceptors (Lipinski definition) is 5. The molecule has 1 aromatic heterocycles. The van der Waals surface area contributed by atoms with E-state index in [1.165, 1.54) is 0 Å². The van der Waals surface area contributed by atoms with E-state index in [1.807, 2.05) is 12.1 Å². The minimum atomic E-state index is -0.395. The van der Waals surface area contributed by atoms with Crippen LogP contribution in [0.2, 0.25) is 0 Å². The molecule has 7 heteroatoms. The van der Waals surface area contributed by atoms with Gasteiger partial charge in [-0.1, -0.05) is 0 Å². The zero-order valence-corrected chi connectivity index (χ0v) is 12.5. The van der Waals surface area contributed by atoms with E-state index in [4.69, 9.17) is 14.4 Å². The predicted octanol–water partition coefficient (Wildman–Crippen LogP) is 0.328. The highest BCUT2D eigenvalue weighted by Gasteiger charge is 2.11.